The Hall–Kier alpha value is -1.75. The molecule has 3 N–H and O–H groups in total. The highest BCUT2D eigenvalue weighted by Gasteiger charge is 2.05. The normalized spacial score (nSPS) is 14.7. The van der Waals surface area contributed by atoms with E-state index >= 15 is 0 Å². The second-order valence-corrected chi connectivity index (χ2v) is 4.97. The van der Waals surface area contributed by atoms with Crippen LogP contribution in [-0.2, 0) is 4.74 Å². The molecule has 0 aliphatic rings. The van der Waals surface area contributed by atoms with E-state index in [1.807, 2.05) is 45.0 Å². The van der Waals surface area contributed by atoms with Gasteiger partial charge in [-0.15, -0.1) is 0 Å². The number of hydrogen-bond donors (Lipinski definition) is 2. The lowest BCUT2D eigenvalue weighted by Crippen LogP contribution is -2.41. The third-order valence-electron chi connectivity index (χ3n) is 2.66. The van der Waals surface area contributed by atoms with Gasteiger partial charge in [-0.1, -0.05) is 12.1 Å². The number of guanidine groups is 1. The molecule has 0 amide bonds. The molecule has 0 fully saturated rings. The number of methoxy groups -OCH3 is 1. The molecule has 112 valence electrons. The minimum Gasteiger partial charge on any atom is -0.489 e. The van der Waals surface area contributed by atoms with E-state index in [0.29, 0.717) is 19.1 Å². The molecule has 2 atom stereocenters. The van der Waals surface area contributed by atoms with Crippen molar-refractivity contribution in [2.24, 2.45) is 10.7 Å². The highest BCUT2D eigenvalue weighted by Crippen LogP contribution is 2.14. The predicted octanol–water partition coefficient (Wildman–Crippen LogP) is 1.70. The average Bonchev–Trinajstić information content (AvgIpc) is 2.36. The first-order valence-corrected chi connectivity index (χ1v) is 6.80. The number of aryl methyl sites for hydroxylation is 1. The molecule has 5 heteroatoms. The molecule has 0 aliphatic carbocycles. The van der Waals surface area contributed by atoms with E-state index in [1.54, 1.807) is 7.11 Å². The van der Waals surface area contributed by atoms with Crippen LogP contribution in [0.3, 0.4) is 0 Å². The molecule has 0 aromatic heterocycles. The summed E-state index contributed by atoms with van der Waals surface area (Å²) in [5.74, 6) is 1.27. The Morgan fingerprint density at radius 1 is 1.40 bits per heavy atom. The van der Waals surface area contributed by atoms with Crippen LogP contribution >= 0.6 is 0 Å². The van der Waals surface area contributed by atoms with Crippen LogP contribution in [0.1, 0.15) is 19.4 Å². The lowest BCUT2D eigenvalue weighted by Gasteiger charge is -2.15. The third kappa shape index (κ3) is 6.43. The van der Waals surface area contributed by atoms with Crippen molar-refractivity contribution < 1.29 is 9.47 Å². The number of benzene rings is 1. The van der Waals surface area contributed by atoms with Gasteiger partial charge in [0.05, 0.1) is 13.2 Å². The Morgan fingerprint density at radius 3 is 2.80 bits per heavy atom. The largest absolute Gasteiger partial charge is 0.489 e. The van der Waals surface area contributed by atoms with Crippen molar-refractivity contribution in [2.75, 3.05) is 20.3 Å². The minimum absolute atomic E-state index is 0.0325. The van der Waals surface area contributed by atoms with Crippen LogP contribution in [0.5, 0.6) is 5.75 Å². The smallest absolute Gasteiger partial charge is 0.189 e. The Kier molecular flexibility index (Phi) is 6.87. The van der Waals surface area contributed by atoms with Crippen LogP contribution in [0.2, 0.25) is 0 Å². The SMILES string of the molecule is COCC(C)NC(N)=NCC(C)Oc1cccc(C)c1. The van der Waals surface area contributed by atoms with Gasteiger partial charge in [0.2, 0.25) is 0 Å². The van der Waals surface area contributed by atoms with Gasteiger partial charge < -0.3 is 20.5 Å². The number of nitrogens with two attached hydrogens (primary N) is 1. The predicted molar refractivity (Wildman–Crippen MR) is 82.2 cm³/mol. The lowest BCUT2D eigenvalue weighted by atomic mass is 10.2. The van der Waals surface area contributed by atoms with E-state index in [4.69, 9.17) is 15.2 Å². The first-order chi connectivity index (χ1) is 9.51. The van der Waals surface area contributed by atoms with E-state index in [1.165, 1.54) is 5.56 Å². The number of hydrogen-bond acceptors (Lipinski definition) is 3. The van der Waals surface area contributed by atoms with E-state index in [9.17, 15) is 0 Å². The Bertz CT molecular complexity index is 435. The zero-order chi connectivity index (χ0) is 15.0. The molecular formula is C15H25N3O2. The van der Waals surface area contributed by atoms with Crippen LogP contribution in [0.25, 0.3) is 0 Å². The van der Waals surface area contributed by atoms with Crippen molar-refractivity contribution in [1.29, 1.82) is 0 Å². The fraction of sp³-hybridized carbons (Fsp3) is 0.533. The molecule has 20 heavy (non-hydrogen) atoms. The summed E-state index contributed by atoms with van der Waals surface area (Å²) in [5, 5.41) is 3.06. The molecule has 0 saturated carbocycles. The molecule has 1 aromatic rings. The summed E-state index contributed by atoms with van der Waals surface area (Å²) in [7, 11) is 1.66. The fourth-order valence-corrected chi connectivity index (χ4v) is 1.77. The molecule has 1 rings (SSSR count). The summed E-state index contributed by atoms with van der Waals surface area (Å²) in [6, 6.07) is 8.09. The fourth-order valence-electron chi connectivity index (χ4n) is 1.77. The van der Waals surface area contributed by atoms with Crippen molar-refractivity contribution in [1.82, 2.24) is 5.32 Å². The van der Waals surface area contributed by atoms with Gasteiger partial charge in [-0.05, 0) is 38.5 Å². The molecule has 2 unspecified atom stereocenters. The first-order valence-electron chi connectivity index (χ1n) is 6.80. The van der Waals surface area contributed by atoms with Crippen LogP contribution < -0.4 is 15.8 Å². The molecule has 0 bridgehead atoms. The number of nitrogens with one attached hydrogen (secondary N) is 1. The first kappa shape index (κ1) is 16.3. The van der Waals surface area contributed by atoms with Gasteiger partial charge in [0.1, 0.15) is 11.9 Å². The van der Waals surface area contributed by atoms with Gasteiger partial charge in [0.15, 0.2) is 5.96 Å². The van der Waals surface area contributed by atoms with Crippen molar-refractivity contribution in [2.45, 2.75) is 32.9 Å². The monoisotopic (exact) mass is 279 g/mol. The highest BCUT2D eigenvalue weighted by molar-refractivity contribution is 5.78. The molecule has 0 aliphatic heterocycles. The number of aliphatic imine (C=N–C) groups is 1. The zero-order valence-corrected chi connectivity index (χ0v) is 12.7. The van der Waals surface area contributed by atoms with Gasteiger partial charge in [0.25, 0.3) is 0 Å². The second-order valence-electron chi connectivity index (χ2n) is 4.97. The van der Waals surface area contributed by atoms with E-state index in [-0.39, 0.29) is 12.1 Å². The van der Waals surface area contributed by atoms with Crippen molar-refractivity contribution in [3.05, 3.63) is 29.8 Å². The standard InChI is InChI=1S/C15H25N3O2/c1-11-6-5-7-14(8-11)20-13(3)9-17-15(16)18-12(2)10-19-4/h5-8,12-13H,9-10H2,1-4H3,(H3,16,17,18). The maximum Gasteiger partial charge on any atom is 0.189 e. The van der Waals surface area contributed by atoms with Gasteiger partial charge in [-0.3, -0.25) is 0 Å². The molecule has 0 spiro atoms. The third-order valence-corrected chi connectivity index (χ3v) is 2.66. The van der Waals surface area contributed by atoms with Gasteiger partial charge in [0, 0.05) is 13.2 Å². The topological polar surface area (TPSA) is 68.9 Å². The Morgan fingerprint density at radius 2 is 2.15 bits per heavy atom. The number of ether oxygens (including phenoxy) is 2. The average molecular weight is 279 g/mol. The summed E-state index contributed by atoms with van der Waals surface area (Å²) in [5.41, 5.74) is 6.97. The van der Waals surface area contributed by atoms with E-state index < -0.39 is 0 Å². The zero-order valence-electron chi connectivity index (χ0n) is 12.7. The maximum atomic E-state index is 5.80. The summed E-state index contributed by atoms with van der Waals surface area (Å²) < 4.78 is 10.8. The van der Waals surface area contributed by atoms with Crippen molar-refractivity contribution in [3.8, 4) is 5.75 Å². The summed E-state index contributed by atoms with van der Waals surface area (Å²) >= 11 is 0. The molecule has 0 radical (unpaired) electrons. The molecule has 5 nitrogen and oxygen atoms in total. The van der Waals surface area contributed by atoms with Crippen LogP contribution in [0, 0.1) is 6.92 Å². The number of nitrogens with zero attached hydrogens (tertiary/aromatic N) is 1. The summed E-state index contributed by atoms with van der Waals surface area (Å²) in [4.78, 5) is 4.27. The van der Waals surface area contributed by atoms with E-state index in [2.05, 4.69) is 10.3 Å². The van der Waals surface area contributed by atoms with Crippen molar-refractivity contribution in [3.63, 3.8) is 0 Å². The van der Waals surface area contributed by atoms with Gasteiger partial charge in [-0.2, -0.15) is 0 Å². The Labute approximate surface area is 121 Å². The van der Waals surface area contributed by atoms with Gasteiger partial charge >= 0.3 is 0 Å². The number of rotatable bonds is 7. The molecular weight excluding hydrogens is 254 g/mol. The summed E-state index contributed by atoms with van der Waals surface area (Å²) in [6.45, 7) is 7.09. The minimum atomic E-state index is -0.0325. The highest BCUT2D eigenvalue weighted by atomic mass is 16.5. The molecule has 0 heterocycles. The maximum absolute atomic E-state index is 5.80. The molecule has 0 saturated heterocycles. The van der Waals surface area contributed by atoms with Crippen LogP contribution in [0.15, 0.2) is 29.3 Å². The second kappa shape index (κ2) is 8.43. The summed E-state index contributed by atoms with van der Waals surface area (Å²) in [6.07, 6.45) is -0.0325. The van der Waals surface area contributed by atoms with Crippen LogP contribution in [0.4, 0.5) is 0 Å². The Balaban J connectivity index is 2.40. The van der Waals surface area contributed by atoms with E-state index in [0.717, 1.165) is 5.75 Å². The van der Waals surface area contributed by atoms with Crippen molar-refractivity contribution >= 4 is 5.96 Å². The van der Waals surface area contributed by atoms with Gasteiger partial charge in [-0.25, -0.2) is 4.99 Å². The lowest BCUT2D eigenvalue weighted by molar-refractivity contribution is 0.179. The molecule has 1 aromatic carbocycles. The quantitative estimate of drug-likeness (QED) is 0.589. The van der Waals surface area contributed by atoms with Crippen LogP contribution in [-0.4, -0.2) is 38.4 Å².